The maximum absolute atomic E-state index is 14.7. The van der Waals surface area contributed by atoms with Crippen molar-refractivity contribution in [3.8, 4) is 17.1 Å². The van der Waals surface area contributed by atoms with Crippen LogP contribution in [0.25, 0.3) is 17.0 Å². The standard InChI is InChI=1S/C21H23F3N6O/c1-31-17-7-18-26-10-16(30(18)29-19(17)11-4-2-3-5-11)20-12(22)6-13(23)21(28-20)27-15-9-25-8-14(15)24/h6-7,10-11,14-15,25H,2-5,8-9H2,1H3,(H,27,28). The van der Waals surface area contributed by atoms with E-state index in [1.807, 2.05) is 0 Å². The first-order valence-corrected chi connectivity index (χ1v) is 10.5. The highest BCUT2D eigenvalue weighted by molar-refractivity contribution is 5.63. The Morgan fingerprint density at radius 2 is 1.97 bits per heavy atom. The number of fused-ring (bicyclic) bond motifs is 1. The van der Waals surface area contributed by atoms with Crippen molar-refractivity contribution >= 4 is 11.5 Å². The summed E-state index contributed by atoms with van der Waals surface area (Å²) < 4.78 is 50.1. The first kappa shape index (κ1) is 20.0. The van der Waals surface area contributed by atoms with Crippen molar-refractivity contribution in [2.75, 3.05) is 25.5 Å². The van der Waals surface area contributed by atoms with Crippen LogP contribution in [0.4, 0.5) is 19.0 Å². The van der Waals surface area contributed by atoms with Gasteiger partial charge in [0.15, 0.2) is 23.1 Å². The van der Waals surface area contributed by atoms with E-state index < -0.39 is 23.8 Å². The molecule has 2 unspecified atom stereocenters. The van der Waals surface area contributed by atoms with Crippen molar-refractivity contribution < 1.29 is 17.9 Å². The Balaban J connectivity index is 1.58. The first-order chi connectivity index (χ1) is 15.0. The lowest BCUT2D eigenvalue weighted by Gasteiger charge is -2.16. The molecule has 0 aromatic carbocycles. The average Bonchev–Trinajstić information content (AvgIpc) is 3.51. The lowest BCUT2D eigenvalue weighted by atomic mass is 10.0. The summed E-state index contributed by atoms with van der Waals surface area (Å²) in [7, 11) is 1.59. The minimum absolute atomic E-state index is 0.104. The van der Waals surface area contributed by atoms with Gasteiger partial charge in [0.05, 0.1) is 19.3 Å². The number of anilines is 1. The summed E-state index contributed by atoms with van der Waals surface area (Å²) in [5.41, 5.74) is 1.45. The minimum Gasteiger partial charge on any atom is -0.495 e. The lowest BCUT2D eigenvalue weighted by Crippen LogP contribution is -2.30. The Morgan fingerprint density at radius 3 is 2.68 bits per heavy atom. The molecular weight excluding hydrogens is 409 g/mol. The van der Waals surface area contributed by atoms with Crippen LogP contribution in [-0.2, 0) is 0 Å². The fourth-order valence-corrected chi connectivity index (χ4v) is 4.43. The number of imidazole rings is 1. The smallest absolute Gasteiger partial charge is 0.168 e. The van der Waals surface area contributed by atoms with Crippen LogP contribution in [0.2, 0.25) is 0 Å². The van der Waals surface area contributed by atoms with Gasteiger partial charge in [-0.05, 0) is 12.8 Å². The van der Waals surface area contributed by atoms with E-state index in [1.165, 1.54) is 10.7 Å². The van der Waals surface area contributed by atoms with E-state index in [4.69, 9.17) is 9.84 Å². The molecule has 2 aliphatic rings. The molecule has 1 aliphatic heterocycles. The van der Waals surface area contributed by atoms with Gasteiger partial charge in [-0.2, -0.15) is 5.10 Å². The lowest BCUT2D eigenvalue weighted by molar-refractivity contribution is 0.341. The maximum atomic E-state index is 14.7. The average molecular weight is 432 g/mol. The van der Waals surface area contributed by atoms with Gasteiger partial charge in [-0.3, -0.25) is 0 Å². The number of halogens is 3. The highest BCUT2D eigenvalue weighted by atomic mass is 19.1. The van der Waals surface area contributed by atoms with Gasteiger partial charge in [-0.1, -0.05) is 12.8 Å². The van der Waals surface area contributed by atoms with Gasteiger partial charge in [0.25, 0.3) is 0 Å². The number of pyridine rings is 1. The molecule has 3 aromatic heterocycles. The molecule has 1 saturated heterocycles. The summed E-state index contributed by atoms with van der Waals surface area (Å²) in [5.74, 6) is -1.02. The summed E-state index contributed by atoms with van der Waals surface area (Å²) in [6, 6.07) is 1.88. The van der Waals surface area contributed by atoms with Gasteiger partial charge >= 0.3 is 0 Å². The number of hydrogen-bond acceptors (Lipinski definition) is 6. The highest BCUT2D eigenvalue weighted by Gasteiger charge is 2.29. The van der Waals surface area contributed by atoms with Crippen LogP contribution in [0.1, 0.15) is 37.3 Å². The predicted molar refractivity (Wildman–Crippen MR) is 109 cm³/mol. The Bertz CT molecular complexity index is 1110. The Hall–Kier alpha value is -2.88. The van der Waals surface area contributed by atoms with Crippen molar-refractivity contribution in [2.45, 2.75) is 43.8 Å². The quantitative estimate of drug-likeness (QED) is 0.643. The highest BCUT2D eigenvalue weighted by Crippen LogP contribution is 2.38. The third kappa shape index (κ3) is 3.58. The van der Waals surface area contributed by atoms with Gasteiger partial charge in [-0.15, -0.1) is 0 Å². The van der Waals surface area contributed by atoms with E-state index in [-0.39, 0.29) is 24.0 Å². The Morgan fingerprint density at radius 1 is 1.16 bits per heavy atom. The van der Waals surface area contributed by atoms with Gasteiger partial charge in [0.2, 0.25) is 0 Å². The SMILES string of the molecule is COc1cc2ncc(-c3nc(NC4CNCC4F)c(F)cc3F)n2nc1C1CCCC1. The van der Waals surface area contributed by atoms with Crippen molar-refractivity contribution in [1.82, 2.24) is 24.9 Å². The summed E-state index contributed by atoms with van der Waals surface area (Å²) in [4.78, 5) is 8.45. The van der Waals surface area contributed by atoms with Crippen LogP contribution in [0.15, 0.2) is 18.3 Å². The van der Waals surface area contributed by atoms with Crippen LogP contribution in [-0.4, -0.2) is 52.0 Å². The molecule has 0 spiro atoms. The van der Waals surface area contributed by atoms with Crippen LogP contribution < -0.4 is 15.4 Å². The Kier molecular flexibility index (Phi) is 5.17. The predicted octanol–water partition coefficient (Wildman–Crippen LogP) is 3.46. The fraction of sp³-hybridized carbons (Fsp3) is 0.476. The number of methoxy groups -OCH3 is 1. The summed E-state index contributed by atoms with van der Waals surface area (Å²) in [5, 5.41) is 10.3. The molecule has 7 nitrogen and oxygen atoms in total. The van der Waals surface area contributed by atoms with Gasteiger partial charge in [0.1, 0.15) is 29.0 Å². The zero-order valence-corrected chi connectivity index (χ0v) is 17.0. The summed E-state index contributed by atoms with van der Waals surface area (Å²) in [6.07, 6.45) is 4.53. The monoisotopic (exact) mass is 432 g/mol. The molecule has 2 atom stereocenters. The van der Waals surface area contributed by atoms with Crippen molar-refractivity contribution in [3.63, 3.8) is 0 Å². The Labute approximate surface area is 177 Å². The molecule has 4 heterocycles. The molecule has 2 N–H and O–H groups in total. The van der Waals surface area contributed by atoms with Crippen molar-refractivity contribution in [3.05, 3.63) is 35.7 Å². The van der Waals surface area contributed by atoms with Crippen molar-refractivity contribution in [2.24, 2.45) is 0 Å². The number of alkyl halides is 1. The first-order valence-electron chi connectivity index (χ1n) is 10.5. The third-order valence-electron chi connectivity index (χ3n) is 6.08. The van der Waals surface area contributed by atoms with E-state index >= 15 is 0 Å². The van der Waals surface area contributed by atoms with Crippen LogP contribution in [0.5, 0.6) is 5.75 Å². The van der Waals surface area contributed by atoms with E-state index in [0.29, 0.717) is 23.6 Å². The number of hydrogen-bond donors (Lipinski definition) is 2. The van der Waals surface area contributed by atoms with Crippen molar-refractivity contribution in [1.29, 1.82) is 0 Å². The summed E-state index contributed by atoms with van der Waals surface area (Å²) >= 11 is 0. The third-order valence-corrected chi connectivity index (χ3v) is 6.08. The molecule has 0 bridgehead atoms. The molecule has 0 amide bonds. The number of rotatable bonds is 5. The molecule has 164 valence electrons. The van der Waals surface area contributed by atoms with Crippen LogP contribution >= 0.6 is 0 Å². The number of nitrogens with zero attached hydrogens (tertiary/aromatic N) is 4. The maximum Gasteiger partial charge on any atom is 0.168 e. The normalized spacial score (nSPS) is 21.8. The van der Waals surface area contributed by atoms with E-state index in [9.17, 15) is 13.2 Å². The molecule has 10 heteroatoms. The van der Waals surface area contributed by atoms with Crippen LogP contribution in [0, 0.1) is 11.6 Å². The molecule has 1 saturated carbocycles. The molecule has 0 radical (unpaired) electrons. The van der Waals surface area contributed by atoms with Gasteiger partial charge in [-0.25, -0.2) is 27.7 Å². The van der Waals surface area contributed by atoms with Crippen LogP contribution in [0.3, 0.4) is 0 Å². The van der Waals surface area contributed by atoms with E-state index in [2.05, 4.69) is 20.6 Å². The second kappa shape index (κ2) is 7.99. The largest absolute Gasteiger partial charge is 0.495 e. The van der Waals surface area contributed by atoms with Gasteiger partial charge in [0, 0.05) is 31.1 Å². The minimum atomic E-state index is -1.19. The summed E-state index contributed by atoms with van der Waals surface area (Å²) in [6.45, 7) is 0.507. The zero-order chi connectivity index (χ0) is 21.5. The molecule has 5 rings (SSSR count). The topological polar surface area (TPSA) is 76.4 Å². The molecule has 1 aliphatic carbocycles. The number of aromatic nitrogens is 4. The second-order valence-electron chi connectivity index (χ2n) is 8.07. The fourth-order valence-electron chi connectivity index (χ4n) is 4.43. The molecular formula is C21H23F3N6O. The van der Waals surface area contributed by atoms with E-state index in [0.717, 1.165) is 37.4 Å². The van der Waals surface area contributed by atoms with E-state index in [1.54, 1.807) is 13.2 Å². The molecule has 3 aromatic rings. The number of ether oxygens (including phenoxy) is 1. The second-order valence-corrected chi connectivity index (χ2v) is 8.07. The molecule has 2 fully saturated rings. The van der Waals surface area contributed by atoms with Gasteiger partial charge < -0.3 is 15.4 Å². The number of nitrogens with one attached hydrogen (secondary N) is 2. The molecule has 31 heavy (non-hydrogen) atoms. The zero-order valence-electron chi connectivity index (χ0n) is 17.0.